The highest BCUT2D eigenvalue weighted by molar-refractivity contribution is 6.00. The highest BCUT2D eigenvalue weighted by Gasteiger charge is 2.18. The van der Waals surface area contributed by atoms with Gasteiger partial charge in [0.25, 0.3) is 0 Å². The van der Waals surface area contributed by atoms with E-state index in [4.69, 9.17) is 4.74 Å². The molecule has 23 heavy (non-hydrogen) atoms. The second-order valence-corrected chi connectivity index (χ2v) is 5.15. The van der Waals surface area contributed by atoms with Crippen LogP contribution in [0.5, 0.6) is 5.75 Å². The highest BCUT2D eigenvalue weighted by atomic mass is 19.1. The molecule has 0 heterocycles. The third-order valence-electron chi connectivity index (χ3n) is 3.27. The molecule has 0 saturated heterocycles. The van der Waals surface area contributed by atoms with E-state index in [0.717, 1.165) is 0 Å². The lowest BCUT2D eigenvalue weighted by molar-refractivity contribution is -0.116. The topological polar surface area (TPSA) is 43.4 Å². The summed E-state index contributed by atoms with van der Waals surface area (Å²) in [6.07, 6.45) is -0.00621. The third-order valence-corrected chi connectivity index (χ3v) is 3.27. The molecule has 0 aliphatic heterocycles. The Balaban J connectivity index is 2.15. The van der Waals surface area contributed by atoms with Crippen molar-refractivity contribution in [1.29, 1.82) is 0 Å². The van der Waals surface area contributed by atoms with E-state index in [2.05, 4.69) is 0 Å². The molecule has 0 amide bonds. The largest absolute Gasteiger partial charge is 0.488 e. The Hall–Kier alpha value is -2.56. The Morgan fingerprint density at radius 3 is 2.35 bits per heavy atom. The molecule has 0 aromatic heterocycles. The van der Waals surface area contributed by atoms with Gasteiger partial charge in [-0.2, -0.15) is 0 Å². The molecule has 2 aromatic carbocycles. The smallest absolute Gasteiger partial charge is 0.170 e. The van der Waals surface area contributed by atoms with E-state index in [1.54, 1.807) is 12.1 Å². The lowest BCUT2D eigenvalue weighted by Gasteiger charge is -2.11. The molecule has 0 N–H and O–H groups in total. The van der Waals surface area contributed by atoms with Crippen molar-refractivity contribution >= 4 is 11.6 Å². The number of Topliss-reactive ketones (excluding diaryl/α,β-unsaturated/α-hetero) is 2. The maximum atomic E-state index is 14.0. The zero-order valence-electron chi connectivity index (χ0n) is 12.6. The van der Waals surface area contributed by atoms with Crippen LogP contribution in [-0.4, -0.2) is 11.6 Å². The van der Waals surface area contributed by atoms with E-state index in [9.17, 15) is 18.4 Å². The van der Waals surface area contributed by atoms with Gasteiger partial charge in [0.2, 0.25) is 0 Å². The van der Waals surface area contributed by atoms with Crippen molar-refractivity contribution in [2.45, 2.75) is 26.4 Å². The van der Waals surface area contributed by atoms with Gasteiger partial charge in [-0.05, 0) is 36.8 Å². The molecule has 0 fully saturated rings. The van der Waals surface area contributed by atoms with E-state index in [0.29, 0.717) is 5.56 Å². The Bertz CT molecular complexity index is 709. The molecule has 0 spiro atoms. The molecule has 0 radical (unpaired) electrons. The van der Waals surface area contributed by atoms with Gasteiger partial charge in [0.15, 0.2) is 5.78 Å². The number of carbonyl (C=O) groups excluding carboxylic acids is 2. The monoisotopic (exact) mass is 318 g/mol. The number of rotatable bonds is 7. The maximum Gasteiger partial charge on any atom is 0.170 e. The molecule has 120 valence electrons. The van der Waals surface area contributed by atoms with Crippen LogP contribution in [-0.2, 0) is 11.4 Å². The van der Waals surface area contributed by atoms with E-state index < -0.39 is 11.6 Å². The van der Waals surface area contributed by atoms with Gasteiger partial charge in [0.05, 0.1) is 5.56 Å². The fourth-order valence-corrected chi connectivity index (χ4v) is 2.05. The summed E-state index contributed by atoms with van der Waals surface area (Å²) in [7, 11) is 0. The lowest BCUT2D eigenvalue weighted by Crippen LogP contribution is -2.08. The first kappa shape index (κ1) is 16.8. The van der Waals surface area contributed by atoms with Crippen LogP contribution in [0.1, 0.15) is 35.7 Å². The lowest BCUT2D eigenvalue weighted by atomic mass is 10.0. The van der Waals surface area contributed by atoms with Crippen LogP contribution in [0.2, 0.25) is 0 Å². The number of hydrogen-bond acceptors (Lipinski definition) is 3. The molecular formula is C18H16F2O3. The normalized spacial score (nSPS) is 10.4. The Morgan fingerprint density at radius 1 is 1.00 bits per heavy atom. The SMILES string of the molecule is CC(=O)CCC(=O)c1c(F)cccc1OCc1ccc(F)cc1. The standard InChI is InChI=1S/C18H16F2O3/c1-12(21)5-10-16(22)18-15(20)3-2-4-17(18)23-11-13-6-8-14(19)9-7-13/h2-4,6-9H,5,10-11H2,1H3. The number of ether oxygens (including phenoxy) is 1. The van der Waals surface area contributed by atoms with Crippen LogP contribution in [0.25, 0.3) is 0 Å². The van der Waals surface area contributed by atoms with E-state index >= 15 is 0 Å². The molecule has 0 unspecified atom stereocenters. The summed E-state index contributed by atoms with van der Waals surface area (Å²) in [5.41, 5.74) is 0.536. The van der Waals surface area contributed by atoms with E-state index in [-0.39, 0.29) is 42.4 Å². The zero-order chi connectivity index (χ0) is 16.8. The van der Waals surface area contributed by atoms with Gasteiger partial charge >= 0.3 is 0 Å². The fourth-order valence-electron chi connectivity index (χ4n) is 2.05. The first-order chi connectivity index (χ1) is 11.0. The number of ketones is 2. The first-order valence-electron chi connectivity index (χ1n) is 7.16. The number of halogens is 2. The predicted octanol–water partition coefficient (Wildman–Crippen LogP) is 4.10. The van der Waals surface area contributed by atoms with Crippen molar-refractivity contribution in [3.63, 3.8) is 0 Å². The second kappa shape index (κ2) is 7.63. The predicted molar refractivity (Wildman–Crippen MR) is 81.4 cm³/mol. The van der Waals surface area contributed by atoms with Crippen LogP contribution in [0.4, 0.5) is 8.78 Å². The summed E-state index contributed by atoms with van der Waals surface area (Å²) >= 11 is 0. The Kier molecular flexibility index (Phi) is 5.57. The zero-order valence-corrected chi connectivity index (χ0v) is 12.6. The maximum absolute atomic E-state index is 14.0. The average molecular weight is 318 g/mol. The van der Waals surface area contributed by atoms with Crippen molar-refractivity contribution in [3.05, 3.63) is 65.2 Å². The number of carbonyl (C=O) groups is 2. The van der Waals surface area contributed by atoms with Gasteiger partial charge in [-0.25, -0.2) is 8.78 Å². The summed E-state index contributed by atoms with van der Waals surface area (Å²) in [4.78, 5) is 23.1. The quantitative estimate of drug-likeness (QED) is 0.722. The van der Waals surface area contributed by atoms with Gasteiger partial charge in [-0.1, -0.05) is 18.2 Å². The van der Waals surface area contributed by atoms with Gasteiger partial charge in [-0.3, -0.25) is 4.79 Å². The van der Waals surface area contributed by atoms with E-state index in [1.165, 1.54) is 37.3 Å². The van der Waals surface area contributed by atoms with Crippen molar-refractivity contribution < 1.29 is 23.1 Å². The number of hydrogen-bond donors (Lipinski definition) is 0. The third kappa shape index (κ3) is 4.71. The molecule has 0 aliphatic rings. The molecule has 0 atom stereocenters. The van der Waals surface area contributed by atoms with Gasteiger partial charge < -0.3 is 9.53 Å². The minimum absolute atomic E-state index is 0.0601. The summed E-state index contributed by atoms with van der Waals surface area (Å²) in [5.74, 6) is -1.55. The molecular weight excluding hydrogens is 302 g/mol. The second-order valence-electron chi connectivity index (χ2n) is 5.15. The average Bonchev–Trinajstić information content (AvgIpc) is 2.52. The molecule has 3 nitrogen and oxygen atoms in total. The van der Waals surface area contributed by atoms with E-state index in [1.807, 2.05) is 0 Å². The first-order valence-corrected chi connectivity index (χ1v) is 7.16. The van der Waals surface area contributed by atoms with Crippen molar-refractivity contribution in [2.24, 2.45) is 0 Å². The Morgan fingerprint density at radius 2 is 1.70 bits per heavy atom. The van der Waals surface area contributed by atoms with Gasteiger partial charge in [0, 0.05) is 12.8 Å². The van der Waals surface area contributed by atoms with Crippen molar-refractivity contribution in [2.75, 3.05) is 0 Å². The minimum atomic E-state index is -0.685. The summed E-state index contributed by atoms with van der Waals surface area (Å²) in [6.45, 7) is 1.46. The van der Waals surface area contributed by atoms with Gasteiger partial charge in [0.1, 0.15) is 29.8 Å². The molecule has 2 aromatic rings. The van der Waals surface area contributed by atoms with Crippen LogP contribution in [0.15, 0.2) is 42.5 Å². The Labute approximate surface area is 132 Å². The van der Waals surface area contributed by atoms with Crippen LogP contribution in [0, 0.1) is 11.6 Å². The molecule has 0 saturated carbocycles. The summed E-state index contributed by atoms with van der Waals surface area (Å²) in [5, 5.41) is 0. The van der Waals surface area contributed by atoms with Crippen molar-refractivity contribution in [3.8, 4) is 5.75 Å². The van der Waals surface area contributed by atoms with Crippen LogP contribution in [0.3, 0.4) is 0 Å². The molecule has 0 bridgehead atoms. The van der Waals surface area contributed by atoms with Crippen molar-refractivity contribution in [1.82, 2.24) is 0 Å². The molecule has 5 heteroatoms. The molecule has 0 aliphatic carbocycles. The summed E-state index contributed by atoms with van der Waals surface area (Å²) < 4.78 is 32.3. The van der Waals surface area contributed by atoms with Gasteiger partial charge in [-0.15, -0.1) is 0 Å². The summed E-state index contributed by atoms with van der Waals surface area (Å²) in [6, 6.07) is 9.79. The van der Waals surface area contributed by atoms with Crippen LogP contribution >= 0.6 is 0 Å². The van der Waals surface area contributed by atoms with Crippen LogP contribution < -0.4 is 4.74 Å². The minimum Gasteiger partial charge on any atom is -0.488 e. The highest BCUT2D eigenvalue weighted by Crippen LogP contribution is 2.24. The fraction of sp³-hybridized carbons (Fsp3) is 0.222. The molecule has 2 rings (SSSR count). The number of benzene rings is 2.